The normalized spacial score (nSPS) is 12.5. The van der Waals surface area contributed by atoms with Crippen LogP contribution in [0, 0.1) is 0 Å². The maximum Gasteiger partial charge on any atom is 0.0415 e. The van der Waals surface area contributed by atoms with Crippen molar-refractivity contribution >= 4 is 32.9 Å². The Bertz CT molecular complexity index is 1110. The molecule has 4 aromatic rings. The molecule has 0 fully saturated rings. The Balaban J connectivity index is 2.13. The van der Waals surface area contributed by atoms with Crippen LogP contribution in [-0.2, 0) is 6.42 Å². The van der Waals surface area contributed by atoms with E-state index < -0.39 is 0 Å². The van der Waals surface area contributed by atoms with Crippen LogP contribution in [0.4, 0.5) is 11.4 Å². The van der Waals surface area contributed by atoms with Crippen LogP contribution in [0.3, 0.4) is 0 Å². The van der Waals surface area contributed by atoms with Gasteiger partial charge in [0.1, 0.15) is 0 Å². The van der Waals surface area contributed by atoms with Gasteiger partial charge in [-0.2, -0.15) is 0 Å². The largest absolute Gasteiger partial charge is 0.398 e. The Morgan fingerprint density at radius 2 is 1.52 bits per heavy atom. The van der Waals surface area contributed by atoms with Crippen molar-refractivity contribution in [3.05, 3.63) is 71.8 Å². The number of benzene rings is 4. The highest BCUT2D eigenvalue weighted by Crippen LogP contribution is 2.46. The lowest BCUT2D eigenvalue weighted by Gasteiger charge is -2.24. The Labute approximate surface area is 134 Å². The maximum atomic E-state index is 6.32. The SMILES string of the molecule is Nc1cc(N)c2cc3ccccc3c3c2c1Cc1ccccc1-3. The van der Waals surface area contributed by atoms with Crippen LogP contribution in [0.2, 0.25) is 0 Å². The molecule has 4 N–H and O–H groups in total. The van der Waals surface area contributed by atoms with E-state index >= 15 is 0 Å². The molecule has 0 aromatic heterocycles. The van der Waals surface area contributed by atoms with Gasteiger partial charge in [0, 0.05) is 23.2 Å². The smallest absolute Gasteiger partial charge is 0.0415 e. The first-order chi connectivity index (χ1) is 11.2. The summed E-state index contributed by atoms with van der Waals surface area (Å²) in [6.45, 7) is 0. The van der Waals surface area contributed by atoms with E-state index in [4.69, 9.17) is 11.5 Å². The number of fused-ring (bicyclic) bond motifs is 4. The first-order valence-electron chi connectivity index (χ1n) is 7.84. The van der Waals surface area contributed by atoms with Crippen LogP contribution in [0.5, 0.6) is 0 Å². The van der Waals surface area contributed by atoms with Crippen LogP contribution in [0.25, 0.3) is 32.7 Å². The van der Waals surface area contributed by atoms with E-state index in [2.05, 4.69) is 54.6 Å². The molecule has 0 spiro atoms. The van der Waals surface area contributed by atoms with Gasteiger partial charge in [0.2, 0.25) is 0 Å². The monoisotopic (exact) mass is 296 g/mol. The predicted octanol–water partition coefficient (Wildman–Crippen LogP) is 4.73. The van der Waals surface area contributed by atoms with E-state index in [0.717, 1.165) is 23.2 Å². The standard InChI is InChI=1S/C21H16N2/c22-18-11-19(23)17-10-13-6-2-4-8-15(13)20-14-7-3-1-5-12(14)9-16(18)21(17)20/h1-9,11H,10,22-23H2. The number of hydrogen-bond acceptors (Lipinski definition) is 2. The highest BCUT2D eigenvalue weighted by Gasteiger charge is 2.23. The molecule has 23 heavy (non-hydrogen) atoms. The molecule has 5 rings (SSSR count). The van der Waals surface area contributed by atoms with E-state index in [1.54, 1.807) is 0 Å². The minimum Gasteiger partial charge on any atom is -0.398 e. The second-order valence-corrected chi connectivity index (χ2v) is 6.26. The third kappa shape index (κ3) is 1.58. The van der Waals surface area contributed by atoms with E-state index in [-0.39, 0.29) is 0 Å². The number of nitrogens with two attached hydrogens (primary N) is 2. The summed E-state index contributed by atoms with van der Waals surface area (Å²) in [4.78, 5) is 0. The Hall–Kier alpha value is -3.00. The van der Waals surface area contributed by atoms with Crippen LogP contribution in [0.1, 0.15) is 11.1 Å². The molecule has 0 unspecified atom stereocenters. The molecule has 0 radical (unpaired) electrons. The lowest BCUT2D eigenvalue weighted by molar-refractivity contribution is 1.20. The van der Waals surface area contributed by atoms with Crippen molar-refractivity contribution in [1.29, 1.82) is 0 Å². The van der Waals surface area contributed by atoms with Crippen LogP contribution >= 0.6 is 0 Å². The van der Waals surface area contributed by atoms with Crippen molar-refractivity contribution < 1.29 is 0 Å². The summed E-state index contributed by atoms with van der Waals surface area (Å²) in [6.07, 6.45) is 0.865. The number of anilines is 2. The molecular weight excluding hydrogens is 280 g/mol. The third-order valence-electron chi connectivity index (χ3n) is 4.98. The second-order valence-electron chi connectivity index (χ2n) is 6.26. The molecule has 0 atom stereocenters. The first-order valence-corrected chi connectivity index (χ1v) is 7.84. The average Bonchev–Trinajstić information content (AvgIpc) is 2.58. The van der Waals surface area contributed by atoms with Gasteiger partial charge >= 0.3 is 0 Å². The number of hydrogen-bond donors (Lipinski definition) is 2. The summed E-state index contributed by atoms with van der Waals surface area (Å²) in [6, 6.07) is 21.2. The topological polar surface area (TPSA) is 52.0 Å². The summed E-state index contributed by atoms with van der Waals surface area (Å²) in [5.74, 6) is 0. The van der Waals surface area contributed by atoms with Gasteiger partial charge in [-0.1, -0.05) is 48.5 Å². The fraction of sp³-hybridized carbons (Fsp3) is 0.0476. The summed E-state index contributed by atoms with van der Waals surface area (Å²) in [5.41, 5.74) is 19.3. The van der Waals surface area contributed by atoms with Crippen molar-refractivity contribution in [2.45, 2.75) is 6.42 Å². The number of rotatable bonds is 0. The molecule has 0 amide bonds. The molecular formula is C21H16N2. The lowest BCUT2D eigenvalue weighted by Crippen LogP contribution is -2.06. The minimum absolute atomic E-state index is 0.757. The van der Waals surface area contributed by atoms with Gasteiger partial charge in [-0.15, -0.1) is 0 Å². The highest BCUT2D eigenvalue weighted by molar-refractivity contribution is 6.19. The van der Waals surface area contributed by atoms with Gasteiger partial charge in [-0.25, -0.2) is 0 Å². The summed E-state index contributed by atoms with van der Waals surface area (Å²) < 4.78 is 0. The predicted molar refractivity (Wildman–Crippen MR) is 98.5 cm³/mol. The fourth-order valence-electron chi connectivity index (χ4n) is 3.94. The van der Waals surface area contributed by atoms with Gasteiger partial charge in [-0.05, 0) is 50.5 Å². The van der Waals surface area contributed by atoms with Crippen molar-refractivity contribution in [1.82, 2.24) is 0 Å². The molecule has 0 saturated heterocycles. The summed E-state index contributed by atoms with van der Waals surface area (Å²) >= 11 is 0. The van der Waals surface area contributed by atoms with Gasteiger partial charge in [0.15, 0.2) is 0 Å². The van der Waals surface area contributed by atoms with E-state index in [1.165, 1.54) is 38.4 Å². The molecule has 4 aromatic carbocycles. The molecule has 110 valence electrons. The minimum atomic E-state index is 0.757. The zero-order chi connectivity index (χ0) is 15.6. The van der Waals surface area contributed by atoms with E-state index in [0.29, 0.717) is 0 Å². The number of nitrogen functional groups attached to an aromatic ring is 2. The Morgan fingerprint density at radius 1 is 0.739 bits per heavy atom. The Kier molecular flexibility index (Phi) is 2.32. The molecule has 0 aliphatic heterocycles. The summed E-state index contributed by atoms with van der Waals surface area (Å²) in [5, 5.41) is 4.81. The molecule has 0 saturated carbocycles. The van der Waals surface area contributed by atoms with Crippen molar-refractivity contribution in [3.63, 3.8) is 0 Å². The fourth-order valence-corrected chi connectivity index (χ4v) is 3.94. The molecule has 0 bridgehead atoms. The van der Waals surface area contributed by atoms with Gasteiger partial charge in [0.25, 0.3) is 0 Å². The third-order valence-corrected chi connectivity index (χ3v) is 4.98. The van der Waals surface area contributed by atoms with Crippen LogP contribution < -0.4 is 11.5 Å². The quantitative estimate of drug-likeness (QED) is 0.320. The second kappa shape index (κ2) is 4.26. The first kappa shape index (κ1) is 12.5. The molecule has 2 nitrogen and oxygen atoms in total. The molecule has 2 heteroatoms. The van der Waals surface area contributed by atoms with Crippen molar-refractivity contribution in [2.75, 3.05) is 11.5 Å². The zero-order valence-corrected chi connectivity index (χ0v) is 12.6. The summed E-state index contributed by atoms with van der Waals surface area (Å²) in [7, 11) is 0. The average molecular weight is 296 g/mol. The van der Waals surface area contributed by atoms with Gasteiger partial charge in [-0.3, -0.25) is 0 Å². The van der Waals surface area contributed by atoms with Gasteiger partial charge < -0.3 is 11.5 Å². The Morgan fingerprint density at radius 3 is 2.43 bits per heavy atom. The highest BCUT2D eigenvalue weighted by atomic mass is 14.6. The molecule has 1 aliphatic carbocycles. The zero-order valence-electron chi connectivity index (χ0n) is 12.6. The van der Waals surface area contributed by atoms with Crippen molar-refractivity contribution in [2.24, 2.45) is 0 Å². The lowest BCUT2D eigenvalue weighted by atomic mass is 9.80. The van der Waals surface area contributed by atoms with Crippen LogP contribution in [-0.4, -0.2) is 0 Å². The molecule has 0 heterocycles. The maximum absolute atomic E-state index is 6.32. The molecule has 1 aliphatic rings. The van der Waals surface area contributed by atoms with E-state index in [9.17, 15) is 0 Å². The van der Waals surface area contributed by atoms with Crippen LogP contribution in [0.15, 0.2) is 60.7 Å². The van der Waals surface area contributed by atoms with Gasteiger partial charge in [0.05, 0.1) is 0 Å². The van der Waals surface area contributed by atoms with Crippen molar-refractivity contribution in [3.8, 4) is 11.1 Å². The van der Waals surface area contributed by atoms with E-state index in [1.807, 2.05) is 6.07 Å².